The van der Waals surface area contributed by atoms with Gasteiger partial charge in [-0.1, -0.05) is 0 Å². The summed E-state index contributed by atoms with van der Waals surface area (Å²) < 4.78 is 0.652. The van der Waals surface area contributed by atoms with Crippen LogP contribution in [0.15, 0.2) is 35.3 Å². The Balaban J connectivity index is 2.08. The third-order valence-corrected chi connectivity index (χ3v) is 2.36. The van der Waals surface area contributed by atoms with E-state index in [-0.39, 0.29) is 0 Å². The van der Waals surface area contributed by atoms with Gasteiger partial charge in [0.15, 0.2) is 11.6 Å². The van der Waals surface area contributed by atoms with Gasteiger partial charge in [-0.05, 0) is 33.6 Å². The number of nitrogen functional groups attached to an aromatic ring is 1. The minimum Gasteiger partial charge on any atom is -0.381 e. The van der Waals surface area contributed by atoms with Gasteiger partial charge in [-0.15, -0.1) is 0 Å². The number of anilines is 2. The first kappa shape index (κ1) is 10.8. The summed E-state index contributed by atoms with van der Waals surface area (Å²) in [5, 5.41) is 3.11. The van der Waals surface area contributed by atoms with Gasteiger partial charge < -0.3 is 11.1 Å². The molecule has 0 aliphatic carbocycles. The average Bonchev–Trinajstić information content (AvgIpc) is 2.32. The maximum Gasteiger partial charge on any atom is 0.170 e. The van der Waals surface area contributed by atoms with E-state index >= 15 is 0 Å². The van der Waals surface area contributed by atoms with Crippen LogP contribution in [0.5, 0.6) is 0 Å². The highest BCUT2D eigenvalue weighted by atomic mass is 79.9. The second kappa shape index (κ2) is 4.89. The molecule has 0 amide bonds. The third kappa shape index (κ3) is 2.66. The lowest BCUT2D eigenvalue weighted by Crippen LogP contribution is -2.06. The number of rotatable bonds is 3. The lowest BCUT2D eigenvalue weighted by Gasteiger charge is -2.07. The Bertz CT molecular complexity index is 474. The van der Waals surface area contributed by atoms with Gasteiger partial charge in [0.25, 0.3) is 0 Å². The minimum absolute atomic E-state index is 0.386. The van der Waals surface area contributed by atoms with Crippen LogP contribution in [0.4, 0.5) is 11.6 Å². The Labute approximate surface area is 101 Å². The van der Waals surface area contributed by atoms with Crippen molar-refractivity contribution in [1.82, 2.24) is 15.0 Å². The minimum atomic E-state index is 0.386. The molecule has 0 radical (unpaired) electrons. The number of nitrogens with one attached hydrogen (secondary N) is 1. The zero-order valence-electron chi connectivity index (χ0n) is 8.39. The van der Waals surface area contributed by atoms with Crippen LogP contribution in [0.25, 0.3) is 0 Å². The molecule has 0 spiro atoms. The molecule has 0 saturated carbocycles. The highest BCUT2D eigenvalue weighted by Gasteiger charge is 2.02. The first-order valence-corrected chi connectivity index (χ1v) is 5.46. The van der Waals surface area contributed by atoms with Crippen LogP contribution in [0.3, 0.4) is 0 Å². The van der Waals surface area contributed by atoms with E-state index in [0.29, 0.717) is 22.8 Å². The topological polar surface area (TPSA) is 76.7 Å². The first-order chi connectivity index (χ1) is 7.75. The standard InChI is InChI=1S/C10H10BrN5/c11-8-6-14-9(12)10(16-8)15-5-7-1-3-13-4-2-7/h1-4,6H,5H2,(H2,12,14)(H,15,16). The van der Waals surface area contributed by atoms with Crippen molar-refractivity contribution in [2.45, 2.75) is 6.54 Å². The fraction of sp³-hybridized carbons (Fsp3) is 0.100. The summed E-state index contributed by atoms with van der Waals surface area (Å²) in [5.41, 5.74) is 6.79. The molecule has 2 aromatic heterocycles. The molecule has 0 fully saturated rings. The summed E-state index contributed by atoms with van der Waals surface area (Å²) >= 11 is 3.24. The van der Waals surface area contributed by atoms with E-state index in [9.17, 15) is 0 Å². The van der Waals surface area contributed by atoms with Crippen LogP contribution >= 0.6 is 15.9 Å². The van der Waals surface area contributed by atoms with Gasteiger partial charge in [-0.3, -0.25) is 4.98 Å². The van der Waals surface area contributed by atoms with Crippen LogP contribution in [0.2, 0.25) is 0 Å². The van der Waals surface area contributed by atoms with E-state index in [0.717, 1.165) is 5.56 Å². The van der Waals surface area contributed by atoms with Crippen molar-refractivity contribution < 1.29 is 0 Å². The van der Waals surface area contributed by atoms with Gasteiger partial charge in [0.1, 0.15) is 4.60 Å². The van der Waals surface area contributed by atoms with Gasteiger partial charge in [0.05, 0.1) is 6.20 Å². The molecule has 2 heterocycles. The highest BCUT2D eigenvalue weighted by Crippen LogP contribution is 2.16. The molecule has 5 nitrogen and oxygen atoms in total. The smallest absolute Gasteiger partial charge is 0.170 e. The van der Waals surface area contributed by atoms with Gasteiger partial charge >= 0.3 is 0 Å². The van der Waals surface area contributed by atoms with Crippen molar-refractivity contribution in [2.24, 2.45) is 0 Å². The predicted octanol–water partition coefficient (Wildman–Crippen LogP) is 1.83. The van der Waals surface area contributed by atoms with Gasteiger partial charge in [0.2, 0.25) is 0 Å². The van der Waals surface area contributed by atoms with Crippen molar-refractivity contribution in [3.05, 3.63) is 40.9 Å². The maximum absolute atomic E-state index is 5.68. The molecule has 16 heavy (non-hydrogen) atoms. The molecule has 0 aromatic carbocycles. The molecule has 0 aliphatic heterocycles. The lowest BCUT2D eigenvalue weighted by atomic mass is 10.3. The molecule has 2 rings (SSSR count). The number of pyridine rings is 1. The van der Waals surface area contributed by atoms with Gasteiger partial charge in [0, 0.05) is 18.9 Å². The van der Waals surface area contributed by atoms with E-state index in [2.05, 4.69) is 36.2 Å². The van der Waals surface area contributed by atoms with Gasteiger partial charge in [-0.2, -0.15) is 0 Å². The fourth-order valence-corrected chi connectivity index (χ4v) is 1.47. The summed E-state index contributed by atoms with van der Waals surface area (Å²) in [7, 11) is 0. The van der Waals surface area contributed by atoms with Gasteiger partial charge in [-0.25, -0.2) is 9.97 Å². The summed E-state index contributed by atoms with van der Waals surface area (Å²) in [5.74, 6) is 0.962. The van der Waals surface area contributed by atoms with E-state index in [4.69, 9.17) is 5.73 Å². The quantitative estimate of drug-likeness (QED) is 0.897. The summed E-state index contributed by atoms with van der Waals surface area (Å²) in [6.45, 7) is 0.637. The Kier molecular flexibility index (Phi) is 3.31. The van der Waals surface area contributed by atoms with E-state index in [1.54, 1.807) is 18.6 Å². The molecular weight excluding hydrogens is 270 g/mol. The van der Waals surface area contributed by atoms with Crippen molar-refractivity contribution in [3.8, 4) is 0 Å². The Morgan fingerprint density at radius 2 is 2.06 bits per heavy atom. The SMILES string of the molecule is Nc1ncc(Br)nc1NCc1ccncc1. The van der Waals surface area contributed by atoms with Crippen molar-refractivity contribution in [1.29, 1.82) is 0 Å². The number of hydrogen-bond acceptors (Lipinski definition) is 5. The Morgan fingerprint density at radius 3 is 2.81 bits per heavy atom. The monoisotopic (exact) mass is 279 g/mol. The number of hydrogen-bond donors (Lipinski definition) is 2. The highest BCUT2D eigenvalue weighted by molar-refractivity contribution is 9.10. The van der Waals surface area contributed by atoms with Crippen LogP contribution < -0.4 is 11.1 Å². The number of nitrogens with two attached hydrogens (primary N) is 1. The molecule has 0 bridgehead atoms. The summed E-state index contributed by atoms with van der Waals surface area (Å²) in [4.78, 5) is 12.1. The summed E-state index contributed by atoms with van der Waals surface area (Å²) in [6.07, 6.45) is 5.05. The molecule has 0 atom stereocenters. The molecule has 82 valence electrons. The van der Waals surface area contributed by atoms with Crippen LogP contribution in [-0.4, -0.2) is 15.0 Å². The Morgan fingerprint density at radius 1 is 1.31 bits per heavy atom. The Hall–Kier alpha value is -1.69. The molecule has 6 heteroatoms. The normalized spacial score (nSPS) is 10.1. The molecule has 0 unspecified atom stereocenters. The number of aromatic nitrogens is 3. The predicted molar refractivity (Wildman–Crippen MR) is 65.7 cm³/mol. The second-order valence-corrected chi connectivity index (χ2v) is 3.95. The lowest BCUT2D eigenvalue weighted by molar-refractivity contribution is 1.07. The molecule has 0 saturated heterocycles. The maximum atomic E-state index is 5.68. The molecule has 3 N–H and O–H groups in total. The van der Waals surface area contributed by atoms with E-state index in [1.165, 1.54) is 0 Å². The zero-order chi connectivity index (χ0) is 11.4. The van der Waals surface area contributed by atoms with Crippen LogP contribution in [0.1, 0.15) is 5.56 Å². The number of nitrogens with zero attached hydrogens (tertiary/aromatic N) is 3. The van der Waals surface area contributed by atoms with Crippen LogP contribution in [-0.2, 0) is 6.54 Å². The van der Waals surface area contributed by atoms with Crippen molar-refractivity contribution >= 4 is 27.6 Å². The van der Waals surface area contributed by atoms with E-state index in [1.807, 2.05) is 12.1 Å². The third-order valence-electron chi connectivity index (χ3n) is 1.98. The zero-order valence-corrected chi connectivity index (χ0v) is 9.98. The van der Waals surface area contributed by atoms with Crippen LogP contribution in [0, 0.1) is 0 Å². The van der Waals surface area contributed by atoms with Crippen molar-refractivity contribution in [2.75, 3.05) is 11.1 Å². The fourth-order valence-electron chi connectivity index (χ4n) is 1.19. The molecule has 0 aliphatic rings. The van der Waals surface area contributed by atoms with E-state index < -0.39 is 0 Å². The average molecular weight is 280 g/mol. The largest absolute Gasteiger partial charge is 0.381 e. The second-order valence-electron chi connectivity index (χ2n) is 3.14. The molecule has 2 aromatic rings. The van der Waals surface area contributed by atoms with Crippen molar-refractivity contribution in [3.63, 3.8) is 0 Å². The molecular formula is C10H10BrN5. The first-order valence-electron chi connectivity index (χ1n) is 4.66. The summed E-state index contributed by atoms with van der Waals surface area (Å²) in [6, 6.07) is 3.85. The number of halogens is 1.